The fourth-order valence-electron chi connectivity index (χ4n) is 6.81. The van der Waals surface area contributed by atoms with Crippen LogP contribution in [0.1, 0.15) is 32.9 Å². The van der Waals surface area contributed by atoms with Crippen LogP contribution < -0.4 is 0 Å². The molecule has 0 saturated heterocycles. The van der Waals surface area contributed by atoms with Crippen molar-refractivity contribution in [2.75, 3.05) is 0 Å². The van der Waals surface area contributed by atoms with Crippen molar-refractivity contribution in [3.63, 3.8) is 0 Å². The molecule has 8 aromatic carbocycles. The molecule has 238 valence electrons. The van der Waals surface area contributed by atoms with Gasteiger partial charge in [0.2, 0.25) is 0 Å². The summed E-state index contributed by atoms with van der Waals surface area (Å²) in [6.07, 6.45) is 0. The highest BCUT2D eigenvalue weighted by molar-refractivity contribution is 6.14. The highest BCUT2D eigenvalue weighted by atomic mass is 15.0. The Hall–Kier alpha value is -6.84. The quantitative estimate of drug-likeness (QED) is 0.177. The second kappa shape index (κ2) is 10.8. The molecular weight excluding hydrogens is 619 g/mol. The molecule has 0 bridgehead atoms. The van der Waals surface area contributed by atoms with Crippen molar-refractivity contribution >= 4 is 65.4 Å². The third kappa shape index (κ3) is 4.12. The second-order valence-corrected chi connectivity index (χ2v) is 11.6. The maximum atomic E-state index is 9.95. The maximum Gasteiger partial charge on any atom is 0.0652 e. The summed E-state index contributed by atoms with van der Waals surface area (Å²) in [5.74, 6) is 0. The van der Waals surface area contributed by atoms with Gasteiger partial charge in [0.1, 0.15) is 0 Å². The highest BCUT2D eigenvalue weighted by Crippen LogP contribution is 2.39. The fraction of sp³-hybridized carbons (Fsp3) is 0. The molecule has 3 nitrogen and oxygen atoms in total. The van der Waals surface area contributed by atoms with Gasteiger partial charge in [-0.05, 0) is 83.7 Å². The number of benzene rings is 8. The molecule has 11 rings (SSSR count). The van der Waals surface area contributed by atoms with Gasteiger partial charge in [-0.15, -0.1) is 0 Å². The summed E-state index contributed by atoms with van der Waals surface area (Å²) in [6.45, 7) is 0. The van der Waals surface area contributed by atoms with Crippen LogP contribution in [0.25, 0.3) is 93.6 Å². The summed E-state index contributed by atoms with van der Waals surface area (Å²) in [4.78, 5) is 0. The molecule has 0 aliphatic rings. The molecule has 0 radical (unpaired) electrons. The fourth-order valence-corrected chi connectivity index (χ4v) is 6.81. The normalized spacial score (nSPS) is 18.5. The minimum absolute atomic E-state index is 0.0929. The first kappa shape index (κ1) is 13.5. The van der Waals surface area contributed by atoms with Crippen molar-refractivity contribution in [2.24, 2.45) is 0 Å². The maximum absolute atomic E-state index is 9.95. The van der Waals surface area contributed by atoms with Crippen LogP contribution in [0.5, 0.6) is 0 Å². The summed E-state index contributed by atoms with van der Waals surface area (Å²) >= 11 is 0. The lowest BCUT2D eigenvalue weighted by Gasteiger charge is -2.12. The van der Waals surface area contributed by atoms with E-state index in [0.29, 0.717) is 16.3 Å². The van der Waals surface area contributed by atoms with E-state index in [1.165, 1.54) is 21.3 Å². The Morgan fingerprint density at radius 3 is 1.61 bits per heavy atom. The molecule has 0 N–H and O–H groups in total. The Balaban J connectivity index is 1.27. The molecule has 51 heavy (non-hydrogen) atoms. The summed E-state index contributed by atoms with van der Waals surface area (Å²) in [6, 6.07) is -6.01. The van der Waals surface area contributed by atoms with Crippen LogP contribution in [0.15, 0.2) is 187 Å². The van der Waals surface area contributed by atoms with Crippen molar-refractivity contribution in [3.8, 4) is 28.2 Å². The molecule has 11 aromatic rings. The molecule has 0 aliphatic carbocycles. The number of aromatic nitrogens is 3. The second-order valence-electron chi connectivity index (χ2n) is 11.6. The molecular formula is C48H31N3. The van der Waals surface area contributed by atoms with Crippen molar-refractivity contribution in [2.45, 2.75) is 0 Å². The number of rotatable bonds is 4. The van der Waals surface area contributed by atoms with Gasteiger partial charge in [0, 0.05) is 49.4 Å². The molecule has 0 atom stereocenters. The van der Waals surface area contributed by atoms with Gasteiger partial charge < -0.3 is 13.7 Å². The smallest absolute Gasteiger partial charge is 0.0652 e. The third-order valence-corrected chi connectivity index (χ3v) is 8.90. The lowest BCUT2D eigenvalue weighted by molar-refractivity contribution is 1.16. The predicted molar refractivity (Wildman–Crippen MR) is 215 cm³/mol. The third-order valence-electron chi connectivity index (χ3n) is 8.90. The van der Waals surface area contributed by atoms with Crippen molar-refractivity contribution in [1.29, 1.82) is 0 Å². The lowest BCUT2D eigenvalue weighted by Crippen LogP contribution is -1.97. The van der Waals surface area contributed by atoms with Crippen molar-refractivity contribution in [1.82, 2.24) is 13.7 Å². The molecule has 0 spiro atoms. The van der Waals surface area contributed by atoms with Gasteiger partial charge in [0.15, 0.2) is 0 Å². The van der Waals surface area contributed by atoms with Crippen LogP contribution in [0, 0.1) is 0 Å². The Bertz CT molecular complexity index is 4420. The molecule has 3 heteroatoms. The Morgan fingerprint density at radius 1 is 0.314 bits per heavy atom. The van der Waals surface area contributed by atoms with Gasteiger partial charge >= 0.3 is 0 Å². The van der Waals surface area contributed by atoms with Crippen LogP contribution in [-0.2, 0) is 0 Å². The Morgan fingerprint density at radius 2 is 0.863 bits per heavy atom. The van der Waals surface area contributed by atoms with Gasteiger partial charge in [0.25, 0.3) is 0 Å². The number of nitrogens with zero attached hydrogens (tertiary/aromatic N) is 3. The minimum Gasteiger partial charge on any atom is -0.309 e. The standard InChI is InChI=1S/C48H31N3/c1-2-13-32(14-3-1)33-15-12-16-34(29-33)49-45-23-10-6-19-39(45)41-31-36(26-27-47(41)49)51-46-24-11-7-20-40(46)42-30-35(25-28-48(42)51)50-43-21-8-4-17-37(43)38-18-5-9-22-44(38)50/h1-31H/i1D,2D,3D,4D,5D,7D,8D,9D,11D,12D,13D,14D,15D,16D,17D,18D,20D,21D,22D,24D,25D,28D,29D,30D. The zero-order valence-electron chi connectivity index (χ0n) is 49.9. The van der Waals surface area contributed by atoms with E-state index in [4.69, 9.17) is 24.7 Å². The van der Waals surface area contributed by atoms with E-state index in [1.54, 1.807) is 30.3 Å². The van der Waals surface area contributed by atoms with Crippen LogP contribution in [0.3, 0.4) is 0 Å². The number of fused-ring (bicyclic) bond motifs is 9. The van der Waals surface area contributed by atoms with Gasteiger partial charge in [0.05, 0.1) is 66.0 Å². The van der Waals surface area contributed by atoms with Crippen LogP contribution in [-0.4, -0.2) is 13.7 Å². The van der Waals surface area contributed by atoms with Gasteiger partial charge in [-0.25, -0.2) is 0 Å². The van der Waals surface area contributed by atoms with Gasteiger partial charge in [-0.3, -0.25) is 0 Å². The molecule has 3 heterocycles. The van der Waals surface area contributed by atoms with Crippen LogP contribution in [0.4, 0.5) is 0 Å². The minimum atomic E-state index is -0.798. The summed E-state index contributed by atoms with van der Waals surface area (Å²) in [5.41, 5.74) is -2.68. The van der Waals surface area contributed by atoms with Gasteiger partial charge in [-0.2, -0.15) is 0 Å². The van der Waals surface area contributed by atoms with E-state index in [-0.39, 0.29) is 49.5 Å². The van der Waals surface area contributed by atoms with Gasteiger partial charge in [-0.1, -0.05) is 115 Å². The monoisotopic (exact) mass is 673 g/mol. The van der Waals surface area contributed by atoms with E-state index in [1.807, 2.05) is 0 Å². The molecule has 0 fully saturated rings. The zero-order chi connectivity index (χ0) is 54.4. The molecule has 0 saturated carbocycles. The Labute approximate surface area is 328 Å². The molecule has 3 aromatic heterocycles. The average Bonchev–Trinajstić information content (AvgIpc) is 4.07. The lowest BCUT2D eigenvalue weighted by atomic mass is 10.1. The molecule has 0 unspecified atom stereocenters. The van der Waals surface area contributed by atoms with E-state index in [0.717, 1.165) is 4.57 Å². The zero-order valence-corrected chi connectivity index (χ0v) is 25.9. The summed E-state index contributed by atoms with van der Waals surface area (Å²) in [5, 5.41) is -0.571. The van der Waals surface area contributed by atoms with E-state index in [9.17, 15) is 8.22 Å². The summed E-state index contributed by atoms with van der Waals surface area (Å²) < 4.78 is 218. The SMILES string of the molecule is [2H]c1c([2H])c([2H])c(-c2c([2H])c([2H])c([2H])c(-n3c4ccccc4c4cc(-n5c6c([2H])c([2H])c([2H])c([2H])c6c6c([2H])c(-n7c8c([2H])c([2H])c([2H])c([2H])c8c8c([2H])c([2H])c([2H])c([2H])c87)c([2H])c([2H])c65)ccc43)c2[2H])c([2H])c1[2H]. The van der Waals surface area contributed by atoms with E-state index < -0.39 is 173 Å². The number of hydrogen-bond donors (Lipinski definition) is 0. The molecule has 0 amide bonds. The molecule has 0 aliphatic heterocycles. The van der Waals surface area contributed by atoms with Crippen molar-refractivity contribution < 1.29 is 32.9 Å². The number of para-hydroxylation sites is 4. The Kier molecular flexibility index (Phi) is 2.86. The van der Waals surface area contributed by atoms with Crippen molar-refractivity contribution in [3.05, 3.63) is 187 Å². The highest BCUT2D eigenvalue weighted by Gasteiger charge is 2.18. The van der Waals surface area contributed by atoms with E-state index >= 15 is 0 Å². The number of hydrogen-bond acceptors (Lipinski definition) is 0. The van der Waals surface area contributed by atoms with E-state index in [2.05, 4.69) is 0 Å². The first-order valence-electron chi connectivity index (χ1n) is 27.6. The van der Waals surface area contributed by atoms with Crippen LogP contribution in [0.2, 0.25) is 0 Å². The average molecular weight is 674 g/mol. The largest absolute Gasteiger partial charge is 0.309 e. The first-order chi connectivity index (χ1) is 35.3. The first-order valence-corrected chi connectivity index (χ1v) is 15.6. The van der Waals surface area contributed by atoms with Crippen LogP contribution >= 0.6 is 0 Å². The topological polar surface area (TPSA) is 14.8 Å². The predicted octanol–water partition coefficient (Wildman–Crippen LogP) is 12.6. The summed E-state index contributed by atoms with van der Waals surface area (Å²) in [7, 11) is 0.